The number of ether oxygens (including phenoxy) is 3. The quantitative estimate of drug-likeness (QED) is 0.645. The summed E-state index contributed by atoms with van der Waals surface area (Å²) in [6.07, 6.45) is 1.40. The van der Waals surface area contributed by atoms with E-state index in [1.54, 1.807) is 0 Å². The van der Waals surface area contributed by atoms with Gasteiger partial charge in [0, 0.05) is 12.6 Å². The summed E-state index contributed by atoms with van der Waals surface area (Å²) in [5.41, 5.74) is 5.82. The van der Waals surface area contributed by atoms with Crippen molar-refractivity contribution in [1.82, 2.24) is 0 Å². The van der Waals surface area contributed by atoms with Gasteiger partial charge in [0.05, 0.1) is 31.5 Å². The lowest BCUT2D eigenvalue weighted by Crippen LogP contribution is -2.58. The molecule has 3 unspecified atom stereocenters. The maximum atomic E-state index is 5.82. The van der Waals surface area contributed by atoms with E-state index in [1.165, 1.54) is 0 Å². The van der Waals surface area contributed by atoms with Crippen LogP contribution in [0.25, 0.3) is 0 Å². The third-order valence-electron chi connectivity index (χ3n) is 2.52. The van der Waals surface area contributed by atoms with Crippen LogP contribution in [0.15, 0.2) is 0 Å². The molecule has 0 amide bonds. The minimum atomic E-state index is 0.0778. The standard InChI is InChI=1S/C11H23NO3/c1-4-13-11-9(12)7-10(11)15-6-5-14-8(2)3/h8-11H,4-7,12H2,1-3H3. The van der Waals surface area contributed by atoms with Gasteiger partial charge in [0.15, 0.2) is 0 Å². The second-order valence-electron chi connectivity index (χ2n) is 4.15. The maximum Gasteiger partial charge on any atom is 0.0988 e. The first-order valence-electron chi connectivity index (χ1n) is 5.75. The molecule has 0 bridgehead atoms. The highest BCUT2D eigenvalue weighted by Gasteiger charge is 2.40. The van der Waals surface area contributed by atoms with Gasteiger partial charge in [-0.25, -0.2) is 0 Å². The minimum absolute atomic E-state index is 0.0778. The third kappa shape index (κ3) is 4.07. The second-order valence-corrected chi connectivity index (χ2v) is 4.15. The third-order valence-corrected chi connectivity index (χ3v) is 2.52. The SMILES string of the molecule is CCOC1C(N)CC1OCCOC(C)C. The Morgan fingerprint density at radius 1 is 1.27 bits per heavy atom. The molecule has 0 aromatic carbocycles. The molecule has 4 nitrogen and oxygen atoms in total. The first-order valence-corrected chi connectivity index (χ1v) is 5.75. The Bertz CT molecular complexity index is 175. The van der Waals surface area contributed by atoms with Crippen molar-refractivity contribution >= 4 is 0 Å². The van der Waals surface area contributed by atoms with Crippen LogP contribution < -0.4 is 5.73 Å². The van der Waals surface area contributed by atoms with Crippen LogP contribution in [0, 0.1) is 0 Å². The van der Waals surface area contributed by atoms with Gasteiger partial charge in [-0.2, -0.15) is 0 Å². The Hall–Kier alpha value is -0.160. The van der Waals surface area contributed by atoms with Gasteiger partial charge in [-0.1, -0.05) is 0 Å². The molecule has 2 N–H and O–H groups in total. The second kappa shape index (κ2) is 6.43. The average molecular weight is 217 g/mol. The molecule has 15 heavy (non-hydrogen) atoms. The van der Waals surface area contributed by atoms with Crippen LogP contribution in [0.1, 0.15) is 27.2 Å². The number of nitrogens with two attached hydrogens (primary N) is 1. The van der Waals surface area contributed by atoms with E-state index >= 15 is 0 Å². The highest BCUT2D eigenvalue weighted by molar-refractivity contribution is 4.95. The molecule has 1 aliphatic rings. The lowest BCUT2D eigenvalue weighted by Gasteiger charge is -2.41. The lowest BCUT2D eigenvalue weighted by molar-refractivity contribution is -0.145. The molecule has 1 fully saturated rings. The fraction of sp³-hybridized carbons (Fsp3) is 1.00. The molecule has 0 saturated heterocycles. The molecule has 90 valence electrons. The smallest absolute Gasteiger partial charge is 0.0988 e. The number of rotatable bonds is 7. The van der Waals surface area contributed by atoms with Crippen LogP contribution in [-0.2, 0) is 14.2 Å². The number of hydrogen-bond donors (Lipinski definition) is 1. The van der Waals surface area contributed by atoms with Gasteiger partial charge in [-0.05, 0) is 27.2 Å². The van der Waals surface area contributed by atoms with Crippen molar-refractivity contribution in [3.8, 4) is 0 Å². The molecule has 0 aliphatic heterocycles. The van der Waals surface area contributed by atoms with Crippen molar-refractivity contribution in [2.45, 2.75) is 51.5 Å². The molecule has 4 heteroatoms. The molecule has 0 heterocycles. The summed E-state index contributed by atoms with van der Waals surface area (Å²) in [6, 6.07) is 0.140. The average Bonchev–Trinajstić information content (AvgIpc) is 2.18. The van der Waals surface area contributed by atoms with E-state index in [9.17, 15) is 0 Å². The molecule has 1 aliphatic carbocycles. The lowest BCUT2D eigenvalue weighted by atomic mass is 9.86. The van der Waals surface area contributed by atoms with Gasteiger partial charge in [-0.3, -0.25) is 0 Å². The topological polar surface area (TPSA) is 53.7 Å². The monoisotopic (exact) mass is 217 g/mol. The van der Waals surface area contributed by atoms with E-state index in [-0.39, 0.29) is 24.4 Å². The molecule has 0 aromatic rings. The van der Waals surface area contributed by atoms with Crippen LogP contribution in [0.3, 0.4) is 0 Å². The Morgan fingerprint density at radius 3 is 2.53 bits per heavy atom. The van der Waals surface area contributed by atoms with Crippen LogP contribution in [0.2, 0.25) is 0 Å². The number of hydrogen-bond acceptors (Lipinski definition) is 4. The van der Waals surface area contributed by atoms with Crippen LogP contribution in [-0.4, -0.2) is 44.2 Å². The molecule has 0 radical (unpaired) electrons. The van der Waals surface area contributed by atoms with Gasteiger partial charge < -0.3 is 19.9 Å². The zero-order valence-electron chi connectivity index (χ0n) is 9.94. The van der Waals surface area contributed by atoms with Gasteiger partial charge in [0.2, 0.25) is 0 Å². The zero-order valence-corrected chi connectivity index (χ0v) is 9.94. The van der Waals surface area contributed by atoms with Gasteiger partial charge >= 0.3 is 0 Å². The van der Waals surface area contributed by atoms with E-state index in [0.29, 0.717) is 19.8 Å². The summed E-state index contributed by atoms with van der Waals surface area (Å²) in [5, 5.41) is 0. The van der Waals surface area contributed by atoms with Crippen LogP contribution in [0.5, 0.6) is 0 Å². The highest BCUT2D eigenvalue weighted by atomic mass is 16.6. The summed E-state index contributed by atoms with van der Waals surface area (Å²) < 4.78 is 16.5. The Balaban J connectivity index is 2.06. The van der Waals surface area contributed by atoms with Crippen LogP contribution >= 0.6 is 0 Å². The Labute approximate surface area is 92.1 Å². The van der Waals surface area contributed by atoms with E-state index in [4.69, 9.17) is 19.9 Å². The van der Waals surface area contributed by atoms with Crippen LogP contribution in [0.4, 0.5) is 0 Å². The molecule has 1 rings (SSSR count). The Morgan fingerprint density at radius 2 is 2.00 bits per heavy atom. The molecular formula is C11H23NO3. The molecule has 0 spiro atoms. The van der Waals surface area contributed by atoms with Crippen molar-refractivity contribution < 1.29 is 14.2 Å². The first-order chi connectivity index (χ1) is 7.15. The highest BCUT2D eigenvalue weighted by Crippen LogP contribution is 2.25. The van der Waals surface area contributed by atoms with Crippen molar-refractivity contribution in [2.24, 2.45) is 5.73 Å². The molecular weight excluding hydrogens is 194 g/mol. The zero-order chi connectivity index (χ0) is 11.3. The van der Waals surface area contributed by atoms with E-state index < -0.39 is 0 Å². The summed E-state index contributed by atoms with van der Waals surface area (Å²) in [5.74, 6) is 0. The Kier molecular flexibility index (Phi) is 5.53. The fourth-order valence-corrected chi connectivity index (χ4v) is 1.69. The van der Waals surface area contributed by atoms with Crippen molar-refractivity contribution in [3.05, 3.63) is 0 Å². The minimum Gasteiger partial charge on any atom is -0.376 e. The molecule has 0 aromatic heterocycles. The maximum absolute atomic E-state index is 5.82. The van der Waals surface area contributed by atoms with Gasteiger partial charge in [-0.15, -0.1) is 0 Å². The van der Waals surface area contributed by atoms with Crippen molar-refractivity contribution in [3.63, 3.8) is 0 Å². The van der Waals surface area contributed by atoms with Gasteiger partial charge in [0.1, 0.15) is 0 Å². The normalized spacial score (nSPS) is 30.6. The van der Waals surface area contributed by atoms with E-state index in [0.717, 1.165) is 6.42 Å². The predicted octanol–water partition coefficient (Wildman–Crippen LogP) is 0.933. The van der Waals surface area contributed by atoms with Crippen molar-refractivity contribution in [2.75, 3.05) is 19.8 Å². The first kappa shape index (κ1) is 12.9. The van der Waals surface area contributed by atoms with Gasteiger partial charge in [0.25, 0.3) is 0 Å². The summed E-state index contributed by atoms with van der Waals surface area (Å²) in [7, 11) is 0. The van der Waals surface area contributed by atoms with E-state index in [1.807, 2.05) is 20.8 Å². The summed E-state index contributed by atoms with van der Waals surface area (Å²) >= 11 is 0. The fourth-order valence-electron chi connectivity index (χ4n) is 1.69. The summed E-state index contributed by atoms with van der Waals surface area (Å²) in [4.78, 5) is 0. The summed E-state index contributed by atoms with van der Waals surface area (Å²) in [6.45, 7) is 7.97. The predicted molar refractivity (Wildman–Crippen MR) is 58.8 cm³/mol. The van der Waals surface area contributed by atoms with E-state index in [2.05, 4.69) is 0 Å². The largest absolute Gasteiger partial charge is 0.376 e. The molecule has 1 saturated carbocycles. The van der Waals surface area contributed by atoms with Crippen molar-refractivity contribution in [1.29, 1.82) is 0 Å². The molecule has 3 atom stereocenters.